The summed E-state index contributed by atoms with van der Waals surface area (Å²) in [6.07, 6.45) is 0.0393. The zero-order valence-corrected chi connectivity index (χ0v) is 21.1. The standard InChI is InChI=1S/C23H24BrF2N5O5/c1-30(2)20(36)18(34)29-23-7-5-22(26,6-8-23)11-31-19(35)16(32)15(28-21(23)31)17(33)27-10-12-3-4-14(25)13(24)9-12/h3-4,9,32H,5-8,10-11H2,1-2H3,(H,27,33)(H,29,34). The van der Waals surface area contributed by atoms with Crippen molar-refractivity contribution in [2.45, 2.75) is 50.0 Å². The molecule has 192 valence electrons. The Labute approximate surface area is 212 Å². The van der Waals surface area contributed by atoms with Crippen LogP contribution in [0, 0.1) is 5.82 Å². The molecule has 0 spiro atoms. The van der Waals surface area contributed by atoms with Crippen LogP contribution in [0.15, 0.2) is 27.5 Å². The molecule has 1 aliphatic carbocycles. The lowest BCUT2D eigenvalue weighted by molar-refractivity contribution is -0.145. The van der Waals surface area contributed by atoms with Gasteiger partial charge in [-0.1, -0.05) is 6.07 Å². The summed E-state index contributed by atoms with van der Waals surface area (Å²) in [5, 5.41) is 15.7. The van der Waals surface area contributed by atoms with Gasteiger partial charge in [-0.05, 0) is 59.3 Å². The van der Waals surface area contributed by atoms with Crippen molar-refractivity contribution in [3.8, 4) is 5.75 Å². The predicted octanol–water partition coefficient (Wildman–Crippen LogP) is 1.48. The van der Waals surface area contributed by atoms with Gasteiger partial charge in [0, 0.05) is 20.6 Å². The van der Waals surface area contributed by atoms with Crippen molar-refractivity contribution in [2.75, 3.05) is 14.1 Å². The number of hydrogen-bond acceptors (Lipinski definition) is 6. The second kappa shape index (κ2) is 9.26. The highest BCUT2D eigenvalue weighted by molar-refractivity contribution is 9.10. The lowest BCUT2D eigenvalue weighted by Crippen LogP contribution is -2.54. The Morgan fingerprint density at radius 3 is 2.50 bits per heavy atom. The Balaban J connectivity index is 1.72. The summed E-state index contributed by atoms with van der Waals surface area (Å²) in [5.74, 6) is -4.25. The largest absolute Gasteiger partial charge is 0.501 e. The van der Waals surface area contributed by atoms with Crippen molar-refractivity contribution >= 4 is 33.7 Å². The van der Waals surface area contributed by atoms with Gasteiger partial charge < -0.3 is 20.6 Å². The van der Waals surface area contributed by atoms with E-state index in [2.05, 4.69) is 31.5 Å². The van der Waals surface area contributed by atoms with Gasteiger partial charge in [0.1, 0.15) is 17.3 Å². The van der Waals surface area contributed by atoms with Gasteiger partial charge in [0.05, 0.1) is 16.6 Å². The number of halogens is 3. The number of carbonyl (C=O) groups is 3. The average Bonchev–Trinajstić information content (AvgIpc) is 3.03. The zero-order valence-electron chi connectivity index (χ0n) is 19.5. The summed E-state index contributed by atoms with van der Waals surface area (Å²) < 4.78 is 30.1. The quantitative estimate of drug-likeness (QED) is 0.479. The van der Waals surface area contributed by atoms with Crippen LogP contribution in [0.3, 0.4) is 0 Å². The second-order valence-corrected chi connectivity index (χ2v) is 10.2. The molecule has 3 N–H and O–H groups in total. The molecule has 0 unspecified atom stereocenters. The number of likely N-dealkylation sites (N-methyl/N-ethyl adjacent to an activating group) is 1. The molecular formula is C23H24BrF2N5O5. The van der Waals surface area contributed by atoms with Gasteiger partial charge >= 0.3 is 11.8 Å². The number of nitrogens with zero attached hydrogens (tertiary/aromatic N) is 3. The predicted molar refractivity (Wildman–Crippen MR) is 126 cm³/mol. The molecule has 13 heteroatoms. The van der Waals surface area contributed by atoms with Crippen LogP contribution < -0.4 is 16.2 Å². The maximum atomic E-state index is 15.4. The van der Waals surface area contributed by atoms with Crippen LogP contribution in [0.25, 0.3) is 0 Å². The van der Waals surface area contributed by atoms with E-state index in [1.807, 2.05) is 0 Å². The molecule has 0 saturated heterocycles. The third kappa shape index (κ3) is 4.59. The summed E-state index contributed by atoms with van der Waals surface area (Å²) in [4.78, 5) is 56.2. The van der Waals surface area contributed by atoms with Gasteiger partial charge in [-0.2, -0.15) is 0 Å². The molecule has 1 aromatic carbocycles. The number of aromatic hydroxyl groups is 1. The number of amides is 3. The van der Waals surface area contributed by atoms with Crippen LogP contribution in [0.5, 0.6) is 5.75 Å². The fraction of sp³-hybridized carbons (Fsp3) is 0.435. The van der Waals surface area contributed by atoms with Crippen LogP contribution >= 0.6 is 15.9 Å². The highest BCUT2D eigenvalue weighted by Gasteiger charge is 2.52. The number of fused-ring (bicyclic) bond motifs is 2. The Bertz CT molecular complexity index is 1320. The van der Waals surface area contributed by atoms with Crippen LogP contribution in [0.2, 0.25) is 0 Å². The first-order chi connectivity index (χ1) is 16.9. The first kappa shape index (κ1) is 25.7. The molecule has 1 fully saturated rings. The molecule has 2 bridgehead atoms. The van der Waals surface area contributed by atoms with Crippen molar-refractivity contribution < 1.29 is 28.3 Å². The molecule has 3 amide bonds. The third-order valence-corrected chi connectivity index (χ3v) is 7.23. The van der Waals surface area contributed by atoms with Crippen LogP contribution in [-0.2, 0) is 28.2 Å². The summed E-state index contributed by atoms with van der Waals surface area (Å²) in [6.45, 7) is -0.476. The third-order valence-electron chi connectivity index (χ3n) is 6.62. The van der Waals surface area contributed by atoms with Gasteiger partial charge in [0.15, 0.2) is 5.69 Å². The van der Waals surface area contributed by atoms with E-state index in [4.69, 9.17) is 0 Å². The Morgan fingerprint density at radius 2 is 1.89 bits per heavy atom. The van der Waals surface area contributed by atoms with E-state index in [9.17, 15) is 28.7 Å². The van der Waals surface area contributed by atoms with Crippen molar-refractivity contribution in [3.05, 3.63) is 55.9 Å². The van der Waals surface area contributed by atoms with E-state index in [1.54, 1.807) is 0 Å². The average molecular weight is 568 g/mol. The van der Waals surface area contributed by atoms with Gasteiger partial charge in [-0.25, -0.2) is 13.8 Å². The molecule has 0 radical (unpaired) electrons. The first-order valence-corrected chi connectivity index (χ1v) is 11.9. The minimum atomic E-state index is -1.78. The second-order valence-electron chi connectivity index (χ2n) is 9.34. The lowest BCUT2D eigenvalue weighted by Gasteiger charge is -2.38. The summed E-state index contributed by atoms with van der Waals surface area (Å²) in [6, 6.07) is 4.12. The van der Waals surface area contributed by atoms with Crippen molar-refractivity contribution in [3.63, 3.8) is 0 Å². The monoisotopic (exact) mass is 567 g/mol. The van der Waals surface area contributed by atoms with Crippen molar-refractivity contribution in [2.24, 2.45) is 0 Å². The molecule has 2 aliphatic heterocycles. The molecule has 36 heavy (non-hydrogen) atoms. The molecule has 5 rings (SSSR count). The van der Waals surface area contributed by atoms with E-state index < -0.39 is 58.3 Å². The van der Waals surface area contributed by atoms with E-state index in [-0.39, 0.29) is 42.5 Å². The number of hydrogen-bond donors (Lipinski definition) is 3. The van der Waals surface area contributed by atoms with Gasteiger partial charge in [-0.15, -0.1) is 0 Å². The maximum Gasteiger partial charge on any atom is 0.311 e. The SMILES string of the molecule is CN(C)C(=O)C(=O)NC12CCC(F)(CC1)Cn1c2nc(C(=O)NCc2ccc(F)c(Br)c2)c(O)c1=O. The fourth-order valence-electron chi connectivity index (χ4n) is 4.58. The lowest BCUT2D eigenvalue weighted by atomic mass is 9.76. The fourth-order valence-corrected chi connectivity index (χ4v) is 5.00. The minimum absolute atomic E-state index is 0.0199. The number of benzene rings is 1. The highest BCUT2D eigenvalue weighted by atomic mass is 79.9. The van der Waals surface area contributed by atoms with Gasteiger partial charge in [0.2, 0.25) is 5.75 Å². The van der Waals surface area contributed by atoms with Gasteiger partial charge in [-0.3, -0.25) is 23.7 Å². The maximum absolute atomic E-state index is 15.4. The molecule has 0 atom stereocenters. The van der Waals surface area contributed by atoms with Gasteiger partial charge in [0.25, 0.3) is 11.5 Å². The topological polar surface area (TPSA) is 134 Å². The zero-order chi connectivity index (χ0) is 26.4. The Hall–Kier alpha value is -3.35. The number of alkyl halides is 1. The number of nitrogens with one attached hydrogen (secondary N) is 2. The molecule has 2 aromatic rings. The Morgan fingerprint density at radius 1 is 1.22 bits per heavy atom. The van der Waals surface area contributed by atoms with E-state index >= 15 is 4.39 Å². The minimum Gasteiger partial charge on any atom is -0.501 e. The number of aromatic nitrogens is 2. The van der Waals surface area contributed by atoms with E-state index in [1.165, 1.54) is 32.3 Å². The summed E-state index contributed by atoms with van der Waals surface area (Å²) >= 11 is 3.06. The van der Waals surface area contributed by atoms with Crippen molar-refractivity contribution in [1.82, 2.24) is 25.1 Å². The van der Waals surface area contributed by atoms with E-state index in [0.717, 1.165) is 9.47 Å². The molecule has 3 heterocycles. The number of carbonyl (C=O) groups excluding carboxylic acids is 3. The van der Waals surface area contributed by atoms with Crippen LogP contribution in [0.4, 0.5) is 8.78 Å². The van der Waals surface area contributed by atoms with Crippen LogP contribution in [-0.4, -0.2) is 57.0 Å². The van der Waals surface area contributed by atoms with E-state index in [0.29, 0.717) is 5.56 Å². The molecule has 1 saturated carbocycles. The van der Waals surface area contributed by atoms with Crippen molar-refractivity contribution in [1.29, 1.82) is 0 Å². The Kier molecular flexibility index (Phi) is 6.62. The molecular weight excluding hydrogens is 544 g/mol. The molecule has 10 nitrogen and oxygen atoms in total. The normalized spacial score (nSPS) is 22.4. The summed E-state index contributed by atoms with van der Waals surface area (Å²) in [7, 11) is 2.80. The number of rotatable bonds is 4. The van der Waals surface area contributed by atoms with Crippen LogP contribution in [0.1, 0.15) is 47.6 Å². The smallest absolute Gasteiger partial charge is 0.311 e. The first-order valence-electron chi connectivity index (χ1n) is 11.1. The molecule has 1 aromatic heterocycles. The molecule has 3 aliphatic rings. The summed E-state index contributed by atoms with van der Waals surface area (Å²) in [5.41, 5.74) is -4.26. The highest BCUT2D eigenvalue weighted by Crippen LogP contribution is 2.46.